The molecule has 180 valence electrons. The van der Waals surface area contributed by atoms with Crippen LogP contribution in [0.3, 0.4) is 0 Å². The van der Waals surface area contributed by atoms with Crippen LogP contribution in [0.5, 0.6) is 0 Å². The van der Waals surface area contributed by atoms with Crippen molar-refractivity contribution in [3.05, 3.63) is 0 Å². The first-order chi connectivity index (χ1) is 14.8. The zero-order chi connectivity index (χ0) is 23.5. The van der Waals surface area contributed by atoms with E-state index in [1.807, 2.05) is 0 Å². The Balaban J connectivity index is 1.43. The van der Waals surface area contributed by atoms with Crippen molar-refractivity contribution < 1.29 is 33.3 Å². The molecule has 7 nitrogen and oxygen atoms in total. The maximum absolute atomic E-state index is 13.5. The van der Waals surface area contributed by atoms with Gasteiger partial charge in [-0.2, -0.15) is 0 Å². The molecule has 0 spiro atoms. The van der Waals surface area contributed by atoms with E-state index in [0.29, 0.717) is 6.61 Å². The Kier molecular flexibility index (Phi) is 5.88. The lowest BCUT2D eigenvalue weighted by atomic mass is 9.74. The maximum Gasteiger partial charge on any atom is 0.344 e. The number of hydrogen-bond acceptors (Lipinski definition) is 7. The lowest BCUT2D eigenvalue weighted by Crippen LogP contribution is -2.49. The third-order valence-corrected chi connectivity index (χ3v) is 8.21. The number of ether oxygens (including phenoxy) is 4. The zero-order valence-electron chi connectivity index (χ0n) is 20.3. The standard InChI is InChI=1S/C25H38O7/c1-23(2,3)22(28)30-13-17(26)31-20-15-11-14-16(12-29-19(14)20)18(15)21(27)32-25(24(4,5)6)9-7-8-10-25/h14-16,18-20H,7-13H2,1-6H3. The fraction of sp³-hybridized carbons (Fsp3) is 0.880. The number of esters is 3. The lowest BCUT2D eigenvalue weighted by molar-refractivity contribution is -0.186. The number of rotatable bonds is 5. The highest BCUT2D eigenvalue weighted by molar-refractivity contribution is 5.80. The number of carbonyl (C=O) groups excluding carboxylic acids is 3. The molecule has 1 heterocycles. The molecule has 1 aliphatic heterocycles. The Morgan fingerprint density at radius 2 is 1.62 bits per heavy atom. The summed E-state index contributed by atoms with van der Waals surface area (Å²) in [5, 5.41) is 0. The lowest BCUT2D eigenvalue weighted by Gasteiger charge is -2.43. The van der Waals surface area contributed by atoms with Crippen LogP contribution >= 0.6 is 0 Å². The molecule has 4 fully saturated rings. The predicted molar refractivity (Wildman–Crippen MR) is 115 cm³/mol. The summed E-state index contributed by atoms with van der Waals surface area (Å²) in [7, 11) is 0. The van der Waals surface area contributed by atoms with Gasteiger partial charge in [0.25, 0.3) is 0 Å². The third kappa shape index (κ3) is 3.95. The minimum atomic E-state index is -0.688. The molecular weight excluding hydrogens is 412 g/mol. The van der Waals surface area contributed by atoms with Gasteiger partial charge in [0.05, 0.1) is 24.0 Å². The summed E-state index contributed by atoms with van der Waals surface area (Å²) in [6, 6.07) is 0. The van der Waals surface area contributed by atoms with E-state index in [2.05, 4.69) is 20.8 Å². The molecule has 1 saturated heterocycles. The van der Waals surface area contributed by atoms with Crippen LogP contribution in [0.25, 0.3) is 0 Å². The van der Waals surface area contributed by atoms with Crippen molar-refractivity contribution >= 4 is 17.9 Å². The topological polar surface area (TPSA) is 88.1 Å². The van der Waals surface area contributed by atoms with Crippen molar-refractivity contribution in [3.63, 3.8) is 0 Å². The Labute approximate surface area is 190 Å². The number of fused-ring (bicyclic) bond motifs is 1. The molecule has 4 aliphatic rings. The SMILES string of the molecule is CC(C)(C)C(=O)OCC(=O)OC1C2CC3C(COC31)C2C(=O)OC1(C(C)(C)C)CCCC1. The summed E-state index contributed by atoms with van der Waals surface area (Å²) in [5.74, 6) is -1.29. The van der Waals surface area contributed by atoms with Gasteiger partial charge in [-0.15, -0.1) is 0 Å². The van der Waals surface area contributed by atoms with Gasteiger partial charge in [0, 0.05) is 17.3 Å². The molecular formula is C25H38O7. The van der Waals surface area contributed by atoms with Gasteiger partial charge < -0.3 is 18.9 Å². The monoisotopic (exact) mass is 450 g/mol. The smallest absolute Gasteiger partial charge is 0.344 e. The van der Waals surface area contributed by atoms with Gasteiger partial charge in [0.2, 0.25) is 0 Å². The van der Waals surface area contributed by atoms with Crippen LogP contribution in [0.2, 0.25) is 0 Å². The van der Waals surface area contributed by atoms with E-state index in [9.17, 15) is 14.4 Å². The fourth-order valence-electron chi connectivity index (χ4n) is 6.33. The average molecular weight is 451 g/mol. The van der Waals surface area contributed by atoms with Crippen molar-refractivity contribution in [1.82, 2.24) is 0 Å². The highest BCUT2D eigenvalue weighted by Gasteiger charge is 2.66. The van der Waals surface area contributed by atoms with Crippen molar-refractivity contribution in [3.8, 4) is 0 Å². The predicted octanol–water partition coefficient (Wildman–Crippen LogP) is 3.67. The molecule has 0 amide bonds. The summed E-state index contributed by atoms with van der Waals surface area (Å²) in [6.45, 7) is 11.7. The Morgan fingerprint density at radius 3 is 2.22 bits per heavy atom. The first-order valence-corrected chi connectivity index (χ1v) is 12.1. The Hall–Kier alpha value is -1.63. The third-order valence-electron chi connectivity index (χ3n) is 8.21. The minimum Gasteiger partial charge on any atom is -0.458 e. The molecule has 0 N–H and O–H groups in total. The van der Waals surface area contributed by atoms with Crippen LogP contribution in [0.15, 0.2) is 0 Å². The first-order valence-electron chi connectivity index (χ1n) is 12.1. The van der Waals surface area contributed by atoms with E-state index >= 15 is 0 Å². The van der Waals surface area contributed by atoms with Gasteiger partial charge in [-0.05, 0) is 58.8 Å². The van der Waals surface area contributed by atoms with Crippen molar-refractivity contribution in [1.29, 1.82) is 0 Å². The van der Waals surface area contributed by atoms with Crippen LogP contribution < -0.4 is 0 Å². The van der Waals surface area contributed by atoms with Crippen LogP contribution in [-0.2, 0) is 33.3 Å². The van der Waals surface area contributed by atoms with Crippen molar-refractivity contribution in [2.75, 3.05) is 13.2 Å². The van der Waals surface area contributed by atoms with Crippen LogP contribution in [-0.4, -0.2) is 48.9 Å². The normalized spacial score (nSPS) is 35.1. The molecule has 0 aromatic rings. The second kappa shape index (κ2) is 8.00. The molecule has 6 unspecified atom stereocenters. The van der Waals surface area contributed by atoms with E-state index in [1.165, 1.54) is 0 Å². The van der Waals surface area contributed by atoms with Gasteiger partial charge >= 0.3 is 17.9 Å². The average Bonchev–Trinajstić information content (AvgIpc) is 3.41. The number of hydrogen-bond donors (Lipinski definition) is 0. The molecule has 0 aromatic heterocycles. The van der Waals surface area contributed by atoms with Gasteiger partial charge in [-0.25, -0.2) is 4.79 Å². The quantitative estimate of drug-likeness (QED) is 0.466. The highest BCUT2D eigenvalue weighted by atomic mass is 16.6. The van der Waals surface area contributed by atoms with E-state index in [1.54, 1.807) is 20.8 Å². The summed E-state index contributed by atoms with van der Waals surface area (Å²) >= 11 is 0. The molecule has 6 atom stereocenters. The highest BCUT2D eigenvalue weighted by Crippen LogP contribution is 2.59. The van der Waals surface area contributed by atoms with Crippen LogP contribution in [0.4, 0.5) is 0 Å². The Bertz CT molecular complexity index is 768. The summed E-state index contributed by atoms with van der Waals surface area (Å²) in [5.41, 5.74) is -1.25. The maximum atomic E-state index is 13.5. The summed E-state index contributed by atoms with van der Waals surface area (Å²) in [6.07, 6.45) is 4.06. The number of carbonyl (C=O) groups is 3. The molecule has 2 bridgehead atoms. The largest absolute Gasteiger partial charge is 0.458 e. The molecule has 0 aromatic carbocycles. The molecule has 4 rings (SSSR count). The van der Waals surface area contributed by atoms with E-state index in [-0.39, 0.29) is 41.2 Å². The molecule has 3 aliphatic carbocycles. The van der Waals surface area contributed by atoms with Crippen molar-refractivity contribution in [2.24, 2.45) is 34.5 Å². The molecule has 3 saturated carbocycles. The molecule has 0 radical (unpaired) electrons. The first kappa shape index (κ1) is 23.5. The van der Waals surface area contributed by atoms with E-state index in [0.717, 1.165) is 32.1 Å². The van der Waals surface area contributed by atoms with Crippen LogP contribution in [0.1, 0.15) is 73.6 Å². The van der Waals surface area contributed by atoms with Gasteiger partial charge in [-0.1, -0.05) is 20.8 Å². The van der Waals surface area contributed by atoms with Gasteiger partial charge in [0.15, 0.2) is 6.61 Å². The summed E-state index contributed by atoms with van der Waals surface area (Å²) < 4.78 is 23.1. The molecule has 7 heteroatoms. The second-order valence-corrected chi connectivity index (χ2v) is 12.2. The van der Waals surface area contributed by atoms with Gasteiger partial charge in [-0.3, -0.25) is 9.59 Å². The fourth-order valence-corrected chi connectivity index (χ4v) is 6.33. The van der Waals surface area contributed by atoms with E-state index < -0.39 is 35.7 Å². The van der Waals surface area contributed by atoms with Gasteiger partial charge in [0.1, 0.15) is 11.7 Å². The van der Waals surface area contributed by atoms with Crippen molar-refractivity contribution in [2.45, 2.75) is 91.5 Å². The van der Waals surface area contributed by atoms with Crippen LogP contribution in [0, 0.1) is 34.5 Å². The minimum absolute atomic E-state index is 0.106. The second-order valence-electron chi connectivity index (χ2n) is 12.2. The zero-order valence-corrected chi connectivity index (χ0v) is 20.3. The van der Waals surface area contributed by atoms with E-state index in [4.69, 9.17) is 18.9 Å². The molecule has 32 heavy (non-hydrogen) atoms. The Morgan fingerprint density at radius 1 is 0.969 bits per heavy atom. The summed E-state index contributed by atoms with van der Waals surface area (Å²) in [4.78, 5) is 37.9.